The lowest BCUT2D eigenvalue weighted by atomic mass is 11.3. The number of hydrogen-bond donors (Lipinski definition) is 1. The summed E-state index contributed by atoms with van der Waals surface area (Å²) in [5.41, 5.74) is 0. The fourth-order valence-electron chi connectivity index (χ4n) is 0.0713. The predicted octanol–water partition coefficient (Wildman–Crippen LogP) is 1.91. The smallest absolute Gasteiger partial charge is 0.247 e. The molecule has 0 aliphatic carbocycles. The zero-order chi connectivity index (χ0) is 4.99. The van der Waals surface area contributed by atoms with Crippen molar-refractivity contribution in [3.8, 4) is 0 Å². The lowest BCUT2D eigenvalue weighted by molar-refractivity contribution is 0.277. The first-order valence-corrected chi connectivity index (χ1v) is 2.60. The van der Waals surface area contributed by atoms with E-state index in [2.05, 4.69) is 19.2 Å². The minimum atomic E-state index is -0.218. The van der Waals surface area contributed by atoms with Crippen molar-refractivity contribution in [1.29, 1.82) is 0 Å². The Hall–Kier alpha value is 0.110. The highest BCUT2D eigenvalue weighted by molar-refractivity contribution is 8.33. The highest BCUT2D eigenvalue weighted by Gasteiger charge is 1.82. The standard InChI is InChI=1S/C3H4OS2/c1-2-6-3(4)5/h2H,1H2,(H,4,5). The molecule has 0 N–H and O–H groups in total. The molecule has 0 fully saturated rings. The maximum absolute atomic E-state index is 9.80. The Kier molecular flexibility index (Phi) is 3.37. The van der Waals surface area contributed by atoms with Crippen LogP contribution in [0.2, 0.25) is 0 Å². The van der Waals surface area contributed by atoms with Gasteiger partial charge in [0.2, 0.25) is 4.45 Å². The molecule has 0 bridgehead atoms. The second-order valence-corrected chi connectivity index (χ2v) is 2.20. The van der Waals surface area contributed by atoms with Gasteiger partial charge in [-0.05, 0) is 17.2 Å². The third kappa shape index (κ3) is 4.11. The Bertz CT molecular complexity index is 69.2. The quantitative estimate of drug-likeness (QED) is 0.532. The molecule has 0 aromatic carbocycles. The lowest BCUT2D eigenvalue weighted by Gasteiger charge is -1.73. The zero-order valence-electron chi connectivity index (χ0n) is 3.05. The number of carbonyl (C=O) groups excluding carboxylic acids is 1. The lowest BCUT2D eigenvalue weighted by Crippen LogP contribution is -1.60. The minimum Gasteiger partial charge on any atom is -0.274 e. The Morgan fingerprint density at radius 1 is 2.00 bits per heavy atom. The summed E-state index contributed by atoms with van der Waals surface area (Å²) in [5, 5.41) is 1.44. The van der Waals surface area contributed by atoms with Gasteiger partial charge in [-0.15, -0.1) is 0 Å². The van der Waals surface area contributed by atoms with E-state index in [0.717, 1.165) is 11.8 Å². The van der Waals surface area contributed by atoms with E-state index in [0.29, 0.717) is 0 Å². The number of hydrogen-bond acceptors (Lipinski definition) is 2. The third-order valence-electron chi connectivity index (χ3n) is 0.184. The molecule has 0 aromatic rings. The molecule has 0 amide bonds. The molecule has 34 valence electrons. The summed E-state index contributed by atoms with van der Waals surface area (Å²) in [6.07, 6.45) is 0. The molecule has 3 heteroatoms. The molecule has 0 saturated heterocycles. The van der Waals surface area contributed by atoms with E-state index in [1.807, 2.05) is 0 Å². The fourth-order valence-corrected chi connectivity index (χ4v) is 0.437. The van der Waals surface area contributed by atoms with E-state index < -0.39 is 0 Å². The number of thioether (sulfide) groups is 1. The van der Waals surface area contributed by atoms with Crippen LogP contribution in [0.3, 0.4) is 0 Å². The molecular weight excluding hydrogens is 116 g/mol. The summed E-state index contributed by atoms with van der Waals surface area (Å²) in [7, 11) is 0. The van der Waals surface area contributed by atoms with Crippen LogP contribution in [0, 0.1) is 0 Å². The van der Waals surface area contributed by atoms with Gasteiger partial charge in [0.1, 0.15) is 0 Å². The van der Waals surface area contributed by atoms with Crippen LogP contribution in [0.5, 0.6) is 0 Å². The molecule has 0 aliphatic heterocycles. The molecule has 1 nitrogen and oxygen atoms in total. The number of rotatable bonds is 1. The molecule has 0 unspecified atom stereocenters. The van der Waals surface area contributed by atoms with Gasteiger partial charge in [-0.2, -0.15) is 0 Å². The van der Waals surface area contributed by atoms with E-state index in [9.17, 15) is 4.79 Å². The van der Waals surface area contributed by atoms with Gasteiger partial charge in [-0.25, -0.2) is 0 Å². The van der Waals surface area contributed by atoms with E-state index in [-0.39, 0.29) is 4.45 Å². The van der Waals surface area contributed by atoms with Crippen LogP contribution in [-0.4, -0.2) is 4.45 Å². The zero-order valence-corrected chi connectivity index (χ0v) is 4.76. The molecule has 0 aromatic heterocycles. The normalized spacial score (nSPS) is 7.50. The van der Waals surface area contributed by atoms with E-state index in [4.69, 9.17) is 0 Å². The van der Waals surface area contributed by atoms with Crippen LogP contribution in [0.25, 0.3) is 0 Å². The Balaban J connectivity index is 3.05. The van der Waals surface area contributed by atoms with Crippen molar-refractivity contribution in [3.63, 3.8) is 0 Å². The largest absolute Gasteiger partial charge is 0.274 e. The van der Waals surface area contributed by atoms with Crippen molar-refractivity contribution in [2.75, 3.05) is 0 Å². The van der Waals surface area contributed by atoms with E-state index in [1.165, 1.54) is 5.41 Å². The molecule has 0 heterocycles. The first-order chi connectivity index (χ1) is 2.77. The number of carbonyl (C=O) groups is 1. The second-order valence-electron chi connectivity index (χ2n) is 0.550. The van der Waals surface area contributed by atoms with Crippen molar-refractivity contribution in [1.82, 2.24) is 0 Å². The first kappa shape index (κ1) is 6.11. The third-order valence-corrected chi connectivity index (χ3v) is 0.869. The Morgan fingerprint density at radius 3 is 2.50 bits per heavy atom. The summed E-state index contributed by atoms with van der Waals surface area (Å²) in [6.45, 7) is 3.29. The minimum absolute atomic E-state index is 0.218. The molecular formula is C3H4OS2. The molecule has 0 rings (SSSR count). The fraction of sp³-hybridized carbons (Fsp3) is 0. The van der Waals surface area contributed by atoms with Crippen LogP contribution in [-0.2, 0) is 0 Å². The maximum Gasteiger partial charge on any atom is 0.247 e. The van der Waals surface area contributed by atoms with Gasteiger partial charge < -0.3 is 0 Å². The average molecular weight is 120 g/mol. The van der Waals surface area contributed by atoms with Crippen molar-refractivity contribution >= 4 is 28.8 Å². The van der Waals surface area contributed by atoms with Crippen LogP contribution in [0.15, 0.2) is 12.0 Å². The highest BCUT2D eigenvalue weighted by Crippen LogP contribution is 2.05. The van der Waals surface area contributed by atoms with Crippen molar-refractivity contribution in [2.24, 2.45) is 0 Å². The van der Waals surface area contributed by atoms with Gasteiger partial charge in [0.15, 0.2) is 0 Å². The monoisotopic (exact) mass is 120 g/mol. The van der Waals surface area contributed by atoms with Gasteiger partial charge in [0.25, 0.3) is 0 Å². The van der Waals surface area contributed by atoms with Crippen molar-refractivity contribution < 1.29 is 4.79 Å². The van der Waals surface area contributed by atoms with Gasteiger partial charge >= 0.3 is 0 Å². The molecule has 0 radical (unpaired) electrons. The van der Waals surface area contributed by atoms with E-state index in [1.54, 1.807) is 0 Å². The molecule has 0 aliphatic rings. The van der Waals surface area contributed by atoms with Crippen LogP contribution in [0.4, 0.5) is 4.79 Å². The predicted molar refractivity (Wildman–Crippen MR) is 32.2 cm³/mol. The maximum atomic E-state index is 9.80. The van der Waals surface area contributed by atoms with Crippen LogP contribution >= 0.6 is 24.4 Å². The molecule has 0 spiro atoms. The topological polar surface area (TPSA) is 17.1 Å². The summed E-state index contributed by atoms with van der Waals surface area (Å²) < 4.78 is -0.218. The van der Waals surface area contributed by atoms with Crippen LogP contribution in [0.1, 0.15) is 0 Å². The SMILES string of the molecule is C=CSC(=O)S. The summed E-state index contributed by atoms with van der Waals surface area (Å²) in [5.74, 6) is 0. The Labute approximate surface area is 46.2 Å². The van der Waals surface area contributed by atoms with E-state index >= 15 is 0 Å². The molecule has 6 heavy (non-hydrogen) atoms. The second kappa shape index (κ2) is 3.31. The van der Waals surface area contributed by atoms with Crippen LogP contribution < -0.4 is 0 Å². The van der Waals surface area contributed by atoms with Crippen molar-refractivity contribution in [2.45, 2.75) is 0 Å². The first-order valence-electron chi connectivity index (χ1n) is 1.28. The van der Waals surface area contributed by atoms with Gasteiger partial charge in [-0.1, -0.05) is 19.2 Å². The molecule has 0 atom stereocenters. The average Bonchev–Trinajstić information content (AvgIpc) is 1.35. The Morgan fingerprint density at radius 2 is 2.50 bits per heavy atom. The van der Waals surface area contributed by atoms with Crippen molar-refractivity contribution in [3.05, 3.63) is 12.0 Å². The summed E-state index contributed by atoms with van der Waals surface area (Å²) >= 11 is 4.41. The number of thiol groups is 1. The van der Waals surface area contributed by atoms with Gasteiger partial charge in [-0.3, -0.25) is 4.79 Å². The summed E-state index contributed by atoms with van der Waals surface area (Å²) in [4.78, 5) is 9.80. The molecule has 0 saturated carbocycles. The highest BCUT2D eigenvalue weighted by atomic mass is 32.2. The van der Waals surface area contributed by atoms with Gasteiger partial charge in [0, 0.05) is 0 Å². The summed E-state index contributed by atoms with van der Waals surface area (Å²) in [6, 6.07) is 0. The van der Waals surface area contributed by atoms with Gasteiger partial charge in [0.05, 0.1) is 0 Å².